The molecule has 1 aromatic heterocycles. The van der Waals surface area contributed by atoms with Gasteiger partial charge in [-0.15, -0.1) is 0 Å². The lowest BCUT2D eigenvalue weighted by Crippen LogP contribution is -2.27. The van der Waals surface area contributed by atoms with E-state index >= 15 is 0 Å². The molecule has 0 fully saturated rings. The molecule has 21 heavy (non-hydrogen) atoms. The molecule has 2 aromatic rings. The van der Waals surface area contributed by atoms with Gasteiger partial charge in [-0.3, -0.25) is 4.79 Å². The maximum atomic E-state index is 12.4. The Labute approximate surface area is 122 Å². The van der Waals surface area contributed by atoms with Gasteiger partial charge in [0.25, 0.3) is 5.91 Å². The molecule has 1 aromatic carbocycles. The van der Waals surface area contributed by atoms with Crippen LogP contribution in [0.15, 0.2) is 30.5 Å². The van der Waals surface area contributed by atoms with E-state index in [0.29, 0.717) is 17.8 Å². The standard InChI is InChI=1S/C15H16N4O2/c1-9(10-3-5-11(21-2)6-4-10)19-8-13-12(14(19)20)7-17-15(16)18-13/h3-7,9H,8H2,1-2H3,(H2,16,17,18)/t9-/m1/s1. The minimum Gasteiger partial charge on any atom is -0.497 e. The average Bonchev–Trinajstić information content (AvgIpc) is 2.83. The van der Waals surface area contributed by atoms with Gasteiger partial charge in [0.15, 0.2) is 0 Å². The Hall–Kier alpha value is -2.63. The number of fused-ring (bicyclic) bond motifs is 1. The predicted molar refractivity (Wildman–Crippen MR) is 77.7 cm³/mol. The van der Waals surface area contributed by atoms with Crippen molar-refractivity contribution in [1.82, 2.24) is 14.9 Å². The Balaban J connectivity index is 1.86. The summed E-state index contributed by atoms with van der Waals surface area (Å²) in [5.41, 5.74) is 7.83. The molecule has 6 heteroatoms. The molecule has 0 bridgehead atoms. The van der Waals surface area contributed by atoms with Crippen LogP contribution in [0, 0.1) is 0 Å². The molecule has 6 nitrogen and oxygen atoms in total. The van der Waals surface area contributed by atoms with Crippen LogP contribution in [0.1, 0.15) is 34.6 Å². The molecule has 3 rings (SSSR count). The fourth-order valence-corrected chi connectivity index (χ4v) is 2.49. The van der Waals surface area contributed by atoms with Gasteiger partial charge in [-0.25, -0.2) is 9.97 Å². The van der Waals surface area contributed by atoms with Crippen LogP contribution >= 0.6 is 0 Å². The van der Waals surface area contributed by atoms with Crippen LogP contribution in [0.25, 0.3) is 0 Å². The van der Waals surface area contributed by atoms with E-state index in [-0.39, 0.29) is 17.9 Å². The highest BCUT2D eigenvalue weighted by atomic mass is 16.5. The molecule has 1 amide bonds. The van der Waals surface area contributed by atoms with Crippen LogP contribution in [-0.4, -0.2) is 27.9 Å². The minimum absolute atomic E-state index is 0.0566. The number of hydrogen-bond donors (Lipinski definition) is 1. The molecule has 1 aliphatic heterocycles. The molecule has 1 atom stereocenters. The summed E-state index contributed by atoms with van der Waals surface area (Å²) in [4.78, 5) is 22.2. The first-order valence-corrected chi connectivity index (χ1v) is 6.66. The molecule has 0 saturated heterocycles. The number of nitrogens with two attached hydrogens (primary N) is 1. The number of rotatable bonds is 3. The number of carbonyl (C=O) groups is 1. The van der Waals surface area contributed by atoms with Gasteiger partial charge in [0.1, 0.15) is 5.75 Å². The van der Waals surface area contributed by atoms with Gasteiger partial charge < -0.3 is 15.4 Å². The van der Waals surface area contributed by atoms with Gasteiger partial charge >= 0.3 is 0 Å². The molecular formula is C15H16N4O2. The summed E-state index contributed by atoms with van der Waals surface area (Å²) in [7, 11) is 1.63. The number of amides is 1. The Kier molecular flexibility index (Phi) is 3.21. The third-order valence-electron chi connectivity index (χ3n) is 3.76. The minimum atomic E-state index is -0.0617. The normalized spacial score (nSPS) is 15.0. The number of aromatic nitrogens is 2. The van der Waals surface area contributed by atoms with E-state index in [4.69, 9.17) is 10.5 Å². The highest BCUT2D eigenvalue weighted by Crippen LogP contribution is 2.30. The van der Waals surface area contributed by atoms with Gasteiger partial charge in [-0.05, 0) is 24.6 Å². The molecule has 2 heterocycles. The molecule has 0 radical (unpaired) electrons. The largest absolute Gasteiger partial charge is 0.497 e. The van der Waals surface area contributed by atoms with Crippen molar-refractivity contribution in [3.05, 3.63) is 47.3 Å². The Morgan fingerprint density at radius 1 is 1.33 bits per heavy atom. The van der Waals surface area contributed by atoms with Crippen LogP contribution in [0.3, 0.4) is 0 Å². The summed E-state index contributed by atoms with van der Waals surface area (Å²) in [6.07, 6.45) is 1.50. The van der Waals surface area contributed by atoms with E-state index in [9.17, 15) is 4.79 Å². The second kappa shape index (κ2) is 5.05. The lowest BCUT2D eigenvalue weighted by atomic mass is 10.1. The monoisotopic (exact) mass is 284 g/mol. The van der Waals surface area contributed by atoms with Crippen molar-refractivity contribution < 1.29 is 9.53 Å². The summed E-state index contributed by atoms with van der Waals surface area (Å²) in [6.45, 7) is 2.44. The molecule has 0 saturated carbocycles. The van der Waals surface area contributed by atoms with Crippen molar-refractivity contribution in [2.75, 3.05) is 12.8 Å². The maximum absolute atomic E-state index is 12.4. The predicted octanol–water partition coefficient (Wildman–Crippen LogP) is 1.78. The van der Waals surface area contributed by atoms with Crippen molar-refractivity contribution in [3.63, 3.8) is 0 Å². The molecule has 1 aliphatic rings. The van der Waals surface area contributed by atoms with Crippen LogP contribution in [-0.2, 0) is 6.54 Å². The van der Waals surface area contributed by atoms with E-state index < -0.39 is 0 Å². The van der Waals surface area contributed by atoms with Crippen LogP contribution in [0.5, 0.6) is 5.75 Å². The summed E-state index contributed by atoms with van der Waals surface area (Å²) >= 11 is 0. The van der Waals surface area contributed by atoms with Gasteiger partial charge in [0.05, 0.1) is 31.0 Å². The molecule has 0 aliphatic carbocycles. The smallest absolute Gasteiger partial charge is 0.258 e. The second-order valence-corrected chi connectivity index (χ2v) is 4.97. The third kappa shape index (κ3) is 2.29. The number of nitrogen functional groups attached to an aromatic ring is 1. The lowest BCUT2D eigenvalue weighted by Gasteiger charge is -2.24. The Morgan fingerprint density at radius 3 is 2.71 bits per heavy atom. The van der Waals surface area contributed by atoms with Crippen molar-refractivity contribution >= 4 is 11.9 Å². The summed E-state index contributed by atoms with van der Waals surface area (Å²) in [6, 6.07) is 7.63. The third-order valence-corrected chi connectivity index (χ3v) is 3.76. The number of methoxy groups -OCH3 is 1. The molecule has 108 valence electrons. The van der Waals surface area contributed by atoms with Crippen molar-refractivity contribution in [2.45, 2.75) is 19.5 Å². The number of anilines is 1. The number of nitrogens with zero attached hydrogens (tertiary/aromatic N) is 3. The molecular weight excluding hydrogens is 268 g/mol. The zero-order valence-electron chi connectivity index (χ0n) is 11.9. The highest BCUT2D eigenvalue weighted by molar-refractivity contribution is 5.97. The van der Waals surface area contributed by atoms with E-state index in [1.165, 1.54) is 6.20 Å². The van der Waals surface area contributed by atoms with E-state index in [1.807, 2.05) is 31.2 Å². The molecule has 0 spiro atoms. The quantitative estimate of drug-likeness (QED) is 0.929. The number of carbonyl (C=O) groups excluding carboxylic acids is 1. The van der Waals surface area contributed by atoms with Gasteiger partial charge in [0.2, 0.25) is 5.95 Å². The van der Waals surface area contributed by atoms with Crippen LogP contribution in [0.4, 0.5) is 5.95 Å². The lowest BCUT2D eigenvalue weighted by molar-refractivity contribution is 0.0715. The molecule has 0 unspecified atom stereocenters. The summed E-state index contributed by atoms with van der Waals surface area (Å²) in [5.74, 6) is 0.925. The van der Waals surface area contributed by atoms with Crippen molar-refractivity contribution in [3.8, 4) is 5.75 Å². The maximum Gasteiger partial charge on any atom is 0.258 e. The van der Waals surface area contributed by atoms with Crippen molar-refractivity contribution in [1.29, 1.82) is 0 Å². The highest BCUT2D eigenvalue weighted by Gasteiger charge is 2.32. The topological polar surface area (TPSA) is 81.3 Å². The van der Waals surface area contributed by atoms with Crippen LogP contribution in [0.2, 0.25) is 0 Å². The Morgan fingerprint density at radius 2 is 2.05 bits per heavy atom. The fourth-order valence-electron chi connectivity index (χ4n) is 2.49. The first-order chi connectivity index (χ1) is 10.1. The zero-order chi connectivity index (χ0) is 15.0. The van der Waals surface area contributed by atoms with Gasteiger partial charge in [0, 0.05) is 6.20 Å². The fraction of sp³-hybridized carbons (Fsp3) is 0.267. The second-order valence-electron chi connectivity index (χ2n) is 4.97. The first kappa shape index (κ1) is 13.4. The average molecular weight is 284 g/mol. The summed E-state index contributed by atoms with van der Waals surface area (Å²) in [5, 5.41) is 0. The molecule has 2 N–H and O–H groups in total. The SMILES string of the molecule is COc1ccc([C@@H](C)N2Cc3nc(N)ncc3C2=O)cc1. The number of hydrogen-bond acceptors (Lipinski definition) is 5. The van der Waals surface area contributed by atoms with E-state index in [1.54, 1.807) is 12.0 Å². The van der Waals surface area contributed by atoms with Gasteiger partial charge in [-0.1, -0.05) is 12.1 Å². The zero-order valence-corrected chi connectivity index (χ0v) is 11.9. The number of ether oxygens (including phenoxy) is 1. The van der Waals surface area contributed by atoms with Crippen LogP contribution < -0.4 is 10.5 Å². The Bertz CT molecular complexity index is 685. The van der Waals surface area contributed by atoms with Gasteiger partial charge in [-0.2, -0.15) is 0 Å². The first-order valence-electron chi connectivity index (χ1n) is 6.66. The van der Waals surface area contributed by atoms with Crippen molar-refractivity contribution in [2.24, 2.45) is 0 Å². The van der Waals surface area contributed by atoms with E-state index in [0.717, 1.165) is 11.3 Å². The summed E-state index contributed by atoms with van der Waals surface area (Å²) < 4.78 is 5.15. The number of benzene rings is 1. The van der Waals surface area contributed by atoms with E-state index in [2.05, 4.69) is 9.97 Å².